The highest BCUT2D eigenvalue weighted by Gasteiger charge is 2.32. The van der Waals surface area contributed by atoms with Gasteiger partial charge in [-0.25, -0.2) is 4.39 Å². The molecule has 0 radical (unpaired) electrons. The van der Waals surface area contributed by atoms with Crippen LogP contribution in [0.3, 0.4) is 0 Å². The van der Waals surface area contributed by atoms with Crippen LogP contribution in [0.4, 0.5) is 10.1 Å². The van der Waals surface area contributed by atoms with Crippen molar-refractivity contribution in [1.82, 2.24) is 5.32 Å². The predicted molar refractivity (Wildman–Crippen MR) is 106 cm³/mol. The molecule has 0 aliphatic carbocycles. The molecule has 2 aromatic carbocycles. The van der Waals surface area contributed by atoms with Gasteiger partial charge in [0, 0.05) is 17.5 Å². The lowest BCUT2D eigenvalue weighted by molar-refractivity contribution is -0.126. The third-order valence-corrected chi connectivity index (χ3v) is 5.71. The Morgan fingerprint density at radius 2 is 1.96 bits per heavy atom. The monoisotopic (exact) mass is 404 g/mol. The molecule has 0 bridgehead atoms. The molecule has 1 heterocycles. The number of rotatable bonds is 6. The van der Waals surface area contributed by atoms with Gasteiger partial charge in [0.05, 0.1) is 19.5 Å². The summed E-state index contributed by atoms with van der Waals surface area (Å²) in [5, 5.41) is 5.07. The van der Waals surface area contributed by atoms with Gasteiger partial charge in [-0.15, -0.1) is 11.8 Å². The van der Waals surface area contributed by atoms with Crippen LogP contribution in [-0.2, 0) is 16.0 Å². The number of halogens is 1. The first-order valence-corrected chi connectivity index (χ1v) is 9.75. The predicted octanol–water partition coefficient (Wildman–Crippen LogP) is 2.62. The van der Waals surface area contributed by atoms with E-state index in [1.165, 1.54) is 32.0 Å². The van der Waals surface area contributed by atoms with Crippen molar-refractivity contribution in [2.45, 2.75) is 17.7 Å². The molecule has 0 unspecified atom stereocenters. The van der Waals surface area contributed by atoms with Gasteiger partial charge < -0.3 is 20.1 Å². The van der Waals surface area contributed by atoms with Crippen LogP contribution in [0.1, 0.15) is 5.56 Å². The van der Waals surface area contributed by atoms with Gasteiger partial charge in [-0.3, -0.25) is 9.59 Å². The zero-order valence-corrected chi connectivity index (χ0v) is 16.3. The van der Waals surface area contributed by atoms with Gasteiger partial charge in [-0.2, -0.15) is 0 Å². The van der Waals surface area contributed by atoms with Crippen LogP contribution in [-0.4, -0.2) is 43.1 Å². The summed E-state index contributed by atoms with van der Waals surface area (Å²) < 4.78 is 24.2. The molecule has 1 aliphatic rings. The normalized spacial score (nSPS) is 18.9. The number of carbonyl (C=O) groups excluding carboxylic acids is 2. The van der Waals surface area contributed by atoms with E-state index < -0.39 is 11.3 Å². The van der Waals surface area contributed by atoms with E-state index >= 15 is 0 Å². The Morgan fingerprint density at radius 1 is 1.21 bits per heavy atom. The quantitative estimate of drug-likeness (QED) is 0.774. The SMILES string of the molecule is COc1ccc(NC(=O)[C@H]2CS[C@H](Cc3ccccc3F)C(=O)N2)cc1OC. The van der Waals surface area contributed by atoms with Crippen LogP contribution < -0.4 is 20.1 Å². The fourth-order valence-corrected chi connectivity index (χ4v) is 4.07. The molecule has 28 heavy (non-hydrogen) atoms. The Balaban J connectivity index is 1.60. The molecule has 8 heteroatoms. The summed E-state index contributed by atoms with van der Waals surface area (Å²) in [6.45, 7) is 0. The molecule has 0 saturated carbocycles. The second-order valence-electron chi connectivity index (χ2n) is 6.24. The molecule has 1 saturated heterocycles. The number of carbonyl (C=O) groups is 2. The molecule has 2 atom stereocenters. The van der Waals surface area contributed by atoms with Gasteiger partial charge in [-0.05, 0) is 30.2 Å². The topological polar surface area (TPSA) is 76.7 Å². The van der Waals surface area contributed by atoms with Gasteiger partial charge in [0.2, 0.25) is 11.8 Å². The van der Waals surface area contributed by atoms with E-state index in [0.717, 1.165) is 0 Å². The van der Waals surface area contributed by atoms with Crippen LogP contribution in [0, 0.1) is 5.82 Å². The van der Waals surface area contributed by atoms with Crippen molar-refractivity contribution in [1.29, 1.82) is 0 Å². The van der Waals surface area contributed by atoms with E-state index in [-0.39, 0.29) is 24.1 Å². The van der Waals surface area contributed by atoms with E-state index in [0.29, 0.717) is 28.5 Å². The molecule has 1 aliphatic heterocycles. The van der Waals surface area contributed by atoms with Crippen molar-refractivity contribution < 1.29 is 23.5 Å². The van der Waals surface area contributed by atoms with Crippen molar-refractivity contribution in [3.8, 4) is 11.5 Å². The van der Waals surface area contributed by atoms with Crippen molar-refractivity contribution in [3.63, 3.8) is 0 Å². The molecule has 148 valence electrons. The number of amides is 2. The lowest BCUT2D eigenvalue weighted by atomic mass is 10.1. The number of anilines is 1. The van der Waals surface area contributed by atoms with Crippen molar-refractivity contribution in [2.75, 3.05) is 25.3 Å². The van der Waals surface area contributed by atoms with Crippen LogP contribution >= 0.6 is 11.8 Å². The molecule has 6 nitrogen and oxygen atoms in total. The number of benzene rings is 2. The molecule has 2 aromatic rings. The molecule has 3 rings (SSSR count). The molecular weight excluding hydrogens is 383 g/mol. The summed E-state index contributed by atoms with van der Waals surface area (Å²) in [5.74, 6) is 0.531. The lowest BCUT2D eigenvalue weighted by Gasteiger charge is -2.28. The minimum absolute atomic E-state index is 0.271. The second kappa shape index (κ2) is 8.97. The first kappa shape index (κ1) is 20.0. The highest BCUT2D eigenvalue weighted by molar-refractivity contribution is 8.00. The third-order valence-electron chi connectivity index (χ3n) is 4.40. The number of nitrogens with one attached hydrogen (secondary N) is 2. The maximum Gasteiger partial charge on any atom is 0.247 e. The number of methoxy groups -OCH3 is 2. The molecule has 2 amide bonds. The summed E-state index contributed by atoms with van der Waals surface area (Å²) in [6, 6.07) is 10.8. The Labute approximate surface area is 166 Å². The molecular formula is C20H21FN2O4S. The standard InChI is InChI=1S/C20H21FN2O4S/c1-26-16-8-7-13(10-17(16)27-2)22-19(24)15-11-28-18(20(25)23-15)9-12-5-3-4-6-14(12)21/h3-8,10,15,18H,9,11H2,1-2H3,(H,22,24)(H,23,25)/t15-,18-/m1/s1. The maximum atomic E-state index is 13.8. The van der Waals surface area contributed by atoms with Crippen LogP contribution in [0.5, 0.6) is 11.5 Å². The average molecular weight is 404 g/mol. The summed E-state index contributed by atoms with van der Waals surface area (Å²) in [7, 11) is 3.04. The van der Waals surface area contributed by atoms with Crippen molar-refractivity contribution >= 4 is 29.3 Å². The fourth-order valence-electron chi connectivity index (χ4n) is 2.89. The maximum absolute atomic E-state index is 13.8. The smallest absolute Gasteiger partial charge is 0.247 e. The first-order valence-electron chi connectivity index (χ1n) is 8.70. The van der Waals surface area contributed by atoms with Gasteiger partial charge in [0.15, 0.2) is 11.5 Å². The zero-order valence-electron chi connectivity index (χ0n) is 15.5. The average Bonchev–Trinajstić information content (AvgIpc) is 2.70. The van der Waals surface area contributed by atoms with Gasteiger partial charge >= 0.3 is 0 Å². The molecule has 2 N–H and O–H groups in total. The van der Waals surface area contributed by atoms with E-state index in [1.807, 2.05) is 0 Å². The Bertz CT molecular complexity index is 877. The van der Waals surface area contributed by atoms with Crippen LogP contribution in [0.25, 0.3) is 0 Å². The second-order valence-corrected chi connectivity index (χ2v) is 7.47. The van der Waals surface area contributed by atoms with E-state index in [4.69, 9.17) is 9.47 Å². The molecule has 1 fully saturated rings. The van der Waals surface area contributed by atoms with E-state index in [9.17, 15) is 14.0 Å². The minimum Gasteiger partial charge on any atom is -0.493 e. The van der Waals surface area contributed by atoms with Crippen LogP contribution in [0.15, 0.2) is 42.5 Å². The molecule has 0 spiro atoms. The van der Waals surface area contributed by atoms with E-state index in [2.05, 4.69) is 10.6 Å². The Morgan fingerprint density at radius 3 is 2.64 bits per heavy atom. The van der Waals surface area contributed by atoms with Crippen molar-refractivity contribution in [3.05, 3.63) is 53.8 Å². The van der Waals surface area contributed by atoms with Gasteiger partial charge in [0.1, 0.15) is 11.9 Å². The van der Waals surface area contributed by atoms with E-state index in [1.54, 1.807) is 36.4 Å². The summed E-state index contributed by atoms with van der Waals surface area (Å²) >= 11 is 1.35. The van der Waals surface area contributed by atoms with Gasteiger partial charge in [-0.1, -0.05) is 18.2 Å². The largest absolute Gasteiger partial charge is 0.493 e. The Kier molecular flexibility index (Phi) is 6.41. The number of hydrogen-bond donors (Lipinski definition) is 2. The zero-order chi connectivity index (χ0) is 20.1. The first-order chi connectivity index (χ1) is 13.5. The summed E-state index contributed by atoms with van der Waals surface area (Å²) in [4.78, 5) is 24.9. The van der Waals surface area contributed by atoms with Crippen LogP contribution in [0.2, 0.25) is 0 Å². The summed E-state index contributed by atoms with van der Waals surface area (Å²) in [5.41, 5.74) is 1.03. The highest BCUT2D eigenvalue weighted by Crippen LogP contribution is 2.30. The van der Waals surface area contributed by atoms with Gasteiger partial charge in [0.25, 0.3) is 0 Å². The summed E-state index contributed by atoms with van der Waals surface area (Å²) in [6.07, 6.45) is 0.285. The minimum atomic E-state index is -0.664. The highest BCUT2D eigenvalue weighted by atomic mass is 32.2. The molecule has 0 aromatic heterocycles. The number of ether oxygens (including phenoxy) is 2. The van der Waals surface area contributed by atoms with Crippen molar-refractivity contribution in [2.24, 2.45) is 0 Å². The number of thioether (sulfide) groups is 1. The fraction of sp³-hybridized carbons (Fsp3) is 0.300. The third kappa shape index (κ3) is 4.56. The Hall–Kier alpha value is -2.74. The number of hydrogen-bond acceptors (Lipinski definition) is 5. The lowest BCUT2D eigenvalue weighted by Crippen LogP contribution is -2.52.